The summed E-state index contributed by atoms with van der Waals surface area (Å²) in [6.07, 6.45) is 0. The lowest BCUT2D eigenvalue weighted by molar-refractivity contribution is 1.21. The van der Waals surface area contributed by atoms with Gasteiger partial charge in [-0.25, -0.2) is 9.97 Å². The summed E-state index contributed by atoms with van der Waals surface area (Å²) in [5, 5.41) is 0.995. The Hall–Kier alpha value is -6.06. The van der Waals surface area contributed by atoms with E-state index < -0.39 is 0 Å². The Morgan fingerprint density at radius 3 is 1.18 bits per heavy atom. The second-order valence-corrected chi connectivity index (χ2v) is 11.2. The molecule has 0 aliphatic rings. The zero-order chi connectivity index (χ0) is 30.0. The number of hydrogen-bond donors (Lipinski definition) is 1. The van der Waals surface area contributed by atoms with Crippen LogP contribution in [0.1, 0.15) is 0 Å². The number of rotatable bonds is 6. The van der Waals surface area contributed by atoms with Gasteiger partial charge in [0.25, 0.3) is 0 Å². The van der Waals surface area contributed by atoms with E-state index in [9.17, 15) is 0 Å². The fraction of sp³-hybridized carbons (Fsp3) is 0. The first kappa shape index (κ1) is 26.6. The van der Waals surface area contributed by atoms with Gasteiger partial charge in [-0.3, -0.25) is 0 Å². The van der Waals surface area contributed by atoms with Crippen LogP contribution in [0.25, 0.3) is 78.3 Å². The van der Waals surface area contributed by atoms with Crippen molar-refractivity contribution in [2.75, 3.05) is 0 Å². The fourth-order valence-corrected chi connectivity index (χ4v) is 5.88. The molecule has 3 heteroatoms. The second-order valence-electron chi connectivity index (χ2n) is 11.2. The van der Waals surface area contributed by atoms with Crippen LogP contribution in [0.2, 0.25) is 0 Å². The minimum atomic E-state index is 0.692. The molecule has 0 spiro atoms. The third-order valence-electron chi connectivity index (χ3n) is 8.31. The summed E-state index contributed by atoms with van der Waals surface area (Å²) < 4.78 is 0. The SMILES string of the molecule is c1ccc(-c2ccc(-c3nc(-c4ccc(-c5ccccc5)cc4)c4cc(-c5ccc(-c6ccccc6)cc5)[nH]c4n3)cc2)cc1. The molecule has 0 aliphatic heterocycles. The molecule has 0 unspecified atom stereocenters. The monoisotopic (exact) mass is 575 g/mol. The minimum Gasteiger partial charge on any atom is -0.339 e. The molecular formula is C42H29N3. The normalized spacial score (nSPS) is 11.1. The average Bonchev–Trinajstić information content (AvgIpc) is 3.57. The van der Waals surface area contributed by atoms with E-state index in [-0.39, 0.29) is 0 Å². The van der Waals surface area contributed by atoms with Gasteiger partial charge in [0.15, 0.2) is 5.82 Å². The highest BCUT2D eigenvalue weighted by Gasteiger charge is 2.16. The number of H-pyrrole nitrogens is 1. The van der Waals surface area contributed by atoms with Crippen molar-refractivity contribution in [3.05, 3.63) is 170 Å². The maximum Gasteiger partial charge on any atom is 0.162 e. The fourth-order valence-electron chi connectivity index (χ4n) is 5.88. The van der Waals surface area contributed by atoms with Crippen molar-refractivity contribution in [2.45, 2.75) is 0 Å². The summed E-state index contributed by atoms with van der Waals surface area (Å²) in [4.78, 5) is 13.8. The topological polar surface area (TPSA) is 41.6 Å². The molecule has 2 heterocycles. The highest BCUT2D eigenvalue weighted by molar-refractivity contribution is 5.96. The van der Waals surface area contributed by atoms with Crippen LogP contribution in [0.15, 0.2) is 170 Å². The number of fused-ring (bicyclic) bond motifs is 1. The molecule has 0 bridgehead atoms. The molecule has 0 fully saturated rings. The first-order chi connectivity index (χ1) is 22.3. The lowest BCUT2D eigenvalue weighted by Gasteiger charge is -2.09. The predicted molar refractivity (Wildman–Crippen MR) is 187 cm³/mol. The molecule has 3 nitrogen and oxygen atoms in total. The standard InChI is InChI=1S/C42H29N3/c1-4-10-29(11-5-1)32-16-22-35(23-17-32)39-28-38-40(36-24-18-33(19-25-36)30-12-6-2-7-13-30)44-41(45-42(38)43-39)37-26-20-34(21-27-37)31-14-8-3-9-15-31/h1-28H,(H,43,44,45). The average molecular weight is 576 g/mol. The summed E-state index contributed by atoms with van der Waals surface area (Å²) in [5.74, 6) is 0.692. The van der Waals surface area contributed by atoms with Gasteiger partial charge in [-0.1, -0.05) is 164 Å². The Labute approximate surface area is 262 Å². The van der Waals surface area contributed by atoms with Crippen molar-refractivity contribution in [3.63, 3.8) is 0 Å². The lowest BCUT2D eigenvalue weighted by Crippen LogP contribution is -1.94. The molecule has 8 rings (SSSR count). The van der Waals surface area contributed by atoms with Gasteiger partial charge < -0.3 is 4.98 Å². The molecule has 0 saturated carbocycles. The summed E-state index contributed by atoms with van der Waals surface area (Å²) in [6, 6.07) is 59.3. The second kappa shape index (κ2) is 11.6. The number of aromatic amines is 1. The smallest absolute Gasteiger partial charge is 0.162 e. The Balaban J connectivity index is 1.22. The number of nitrogens with one attached hydrogen (secondary N) is 1. The van der Waals surface area contributed by atoms with Gasteiger partial charge in [-0.05, 0) is 45.0 Å². The zero-order valence-electron chi connectivity index (χ0n) is 24.6. The van der Waals surface area contributed by atoms with E-state index in [1.165, 1.54) is 33.4 Å². The number of benzene rings is 6. The Bertz CT molecular complexity index is 2200. The summed E-state index contributed by atoms with van der Waals surface area (Å²) >= 11 is 0. The van der Waals surface area contributed by atoms with E-state index in [1.807, 2.05) is 18.2 Å². The third kappa shape index (κ3) is 5.32. The minimum absolute atomic E-state index is 0.692. The third-order valence-corrected chi connectivity index (χ3v) is 8.31. The van der Waals surface area contributed by atoms with Crippen LogP contribution in [0.4, 0.5) is 0 Å². The van der Waals surface area contributed by atoms with Crippen LogP contribution >= 0.6 is 0 Å². The predicted octanol–water partition coefficient (Wildman–Crippen LogP) is 11.0. The molecule has 2 aromatic heterocycles. The van der Waals surface area contributed by atoms with Gasteiger partial charge in [0, 0.05) is 22.2 Å². The quantitative estimate of drug-likeness (QED) is 0.214. The highest BCUT2D eigenvalue weighted by Crippen LogP contribution is 2.34. The van der Waals surface area contributed by atoms with Crippen molar-refractivity contribution in [1.29, 1.82) is 0 Å². The van der Waals surface area contributed by atoms with Gasteiger partial charge in [0.1, 0.15) is 5.65 Å². The maximum atomic E-state index is 5.18. The molecule has 0 aliphatic carbocycles. The Morgan fingerprint density at radius 2 is 0.711 bits per heavy atom. The molecule has 8 aromatic rings. The first-order valence-electron chi connectivity index (χ1n) is 15.2. The molecule has 212 valence electrons. The Morgan fingerprint density at radius 1 is 0.333 bits per heavy atom. The number of hydrogen-bond acceptors (Lipinski definition) is 2. The van der Waals surface area contributed by atoms with Gasteiger partial charge >= 0.3 is 0 Å². The van der Waals surface area contributed by atoms with Gasteiger partial charge in [0.05, 0.1) is 5.69 Å². The van der Waals surface area contributed by atoms with Gasteiger partial charge in [0.2, 0.25) is 0 Å². The van der Waals surface area contributed by atoms with Crippen LogP contribution < -0.4 is 0 Å². The molecule has 0 saturated heterocycles. The first-order valence-corrected chi connectivity index (χ1v) is 15.2. The molecule has 0 atom stereocenters. The molecule has 0 amide bonds. The van der Waals surface area contributed by atoms with E-state index in [0.717, 1.165) is 39.1 Å². The van der Waals surface area contributed by atoms with Crippen LogP contribution in [0.5, 0.6) is 0 Å². The van der Waals surface area contributed by atoms with E-state index in [1.54, 1.807) is 0 Å². The van der Waals surface area contributed by atoms with Crippen LogP contribution in [0, 0.1) is 0 Å². The molecular weight excluding hydrogens is 546 g/mol. The van der Waals surface area contributed by atoms with E-state index in [4.69, 9.17) is 9.97 Å². The molecule has 1 N–H and O–H groups in total. The maximum absolute atomic E-state index is 5.18. The summed E-state index contributed by atoms with van der Waals surface area (Å²) in [7, 11) is 0. The van der Waals surface area contributed by atoms with Crippen molar-refractivity contribution >= 4 is 11.0 Å². The molecule has 45 heavy (non-hydrogen) atoms. The lowest BCUT2D eigenvalue weighted by atomic mass is 10.0. The van der Waals surface area contributed by atoms with Crippen molar-refractivity contribution in [3.8, 4) is 67.3 Å². The molecule has 6 aromatic carbocycles. The van der Waals surface area contributed by atoms with E-state index in [0.29, 0.717) is 5.82 Å². The van der Waals surface area contributed by atoms with Crippen molar-refractivity contribution in [1.82, 2.24) is 15.0 Å². The number of nitrogens with zero attached hydrogens (tertiary/aromatic N) is 2. The van der Waals surface area contributed by atoms with Crippen LogP contribution in [0.3, 0.4) is 0 Å². The Kier molecular flexibility index (Phi) is 6.82. The van der Waals surface area contributed by atoms with Crippen LogP contribution in [-0.2, 0) is 0 Å². The van der Waals surface area contributed by atoms with Gasteiger partial charge in [-0.2, -0.15) is 0 Å². The van der Waals surface area contributed by atoms with E-state index in [2.05, 4.69) is 157 Å². The zero-order valence-corrected chi connectivity index (χ0v) is 24.6. The molecule has 0 radical (unpaired) electrons. The van der Waals surface area contributed by atoms with E-state index >= 15 is 0 Å². The highest BCUT2D eigenvalue weighted by atomic mass is 15.0. The summed E-state index contributed by atoms with van der Waals surface area (Å²) in [5.41, 5.74) is 13.0. The van der Waals surface area contributed by atoms with Gasteiger partial charge in [-0.15, -0.1) is 0 Å². The number of aromatic nitrogens is 3. The summed E-state index contributed by atoms with van der Waals surface area (Å²) in [6.45, 7) is 0. The van der Waals surface area contributed by atoms with Crippen molar-refractivity contribution < 1.29 is 0 Å². The largest absolute Gasteiger partial charge is 0.339 e. The van der Waals surface area contributed by atoms with Crippen LogP contribution in [-0.4, -0.2) is 15.0 Å². The van der Waals surface area contributed by atoms with Crippen molar-refractivity contribution in [2.24, 2.45) is 0 Å².